The maximum atomic E-state index is 12.0. The van der Waals surface area contributed by atoms with E-state index in [2.05, 4.69) is 5.32 Å². The van der Waals surface area contributed by atoms with Crippen molar-refractivity contribution in [2.24, 2.45) is 0 Å². The Hall–Kier alpha value is -0.780. The summed E-state index contributed by atoms with van der Waals surface area (Å²) >= 11 is 0. The van der Waals surface area contributed by atoms with Crippen LogP contribution in [0.2, 0.25) is 0 Å². The van der Waals surface area contributed by atoms with Crippen molar-refractivity contribution in [1.82, 2.24) is 10.2 Å². The van der Waals surface area contributed by atoms with Gasteiger partial charge in [-0.2, -0.15) is 13.2 Å². The van der Waals surface area contributed by atoms with Gasteiger partial charge in [-0.25, -0.2) is 0 Å². The smallest absolute Gasteiger partial charge is 0.336 e. The molecule has 0 heterocycles. The van der Waals surface area contributed by atoms with Crippen LogP contribution in [0.5, 0.6) is 0 Å². The zero-order valence-electron chi connectivity index (χ0n) is 9.90. The third kappa shape index (κ3) is 7.50. The Morgan fingerprint density at radius 3 is 2.44 bits per heavy atom. The van der Waals surface area contributed by atoms with Crippen molar-refractivity contribution < 1.29 is 18.0 Å². The molecule has 3 nitrogen and oxygen atoms in total. The second kappa shape index (κ2) is 6.73. The molecule has 0 aromatic rings. The van der Waals surface area contributed by atoms with Gasteiger partial charge in [0.2, 0.25) is 5.91 Å². The largest absolute Gasteiger partial charge is 0.406 e. The summed E-state index contributed by atoms with van der Waals surface area (Å²) in [6.07, 6.45) is -2.46. The van der Waals surface area contributed by atoms with E-state index < -0.39 is 18.6 Å². The van der Waals surface area contributed by atoms with E-state index >= 15 is 0 Å². The number of carbonyl (C=O) groups is 1. The predicted octanol–water partition coefficient (Wildman–Crippen LogP) is 1.79. The maximum Gasteiger partial charge on any atom is 0.406 e. The van der Waals surface area contributed by atoms with Crippen molar-refractivity contribution in [2.75, 3.05) is 20.1 Å². The average Bonchev–Trinajstić information content (AvgIpc) is 2.11. The average molecular weight is 240 g/mol. The quantitative estimate of drug-likeness (QED) is 0.767. The normalized spacial score (nSPS) is 13.6. The summed E-state index contributed by atoms with van der Waals surface area (Å²) in [5.74, 6) is -0.541. The van der Waals surface area contributed by atoms with Gasteiger partial charge in [0.25, 0.3) is 0 Å². The topological polar surface area (TPSA) is 32.3 Å². The summed E-state index contributed by atoms with van der Waals surface area (Å²) in [7, 11) is 1.15. The second-order valence-electron chi connectivity index (χ2n) is 3.94. The van der Waals surface area contributed by atoms with Crippen LogP contribution in [0.1, 0.15) is 26.7 Å². The summed E-state index contributed by atoms with van der Waals surface area (Å²) in [5, 5.41) is 2.89. The zero-order valence-corrected chi connectivity index (χ0v) is 9.90. The Kier molecular flexibility index (Phi) is 6.40. The minimum Gasteiger partial charge on any atom is -0.336 e. The third-order valence-corrected chi connectivity index (χ3v) is 2.17. The Morgan fingerprint density at radius 2 is 2.00 bits per heavy atom. The summed E-state index contributed by atoms with van der Waals surface area (Å²) in [6, 6.07) is 0.147. The van der Waals surface area contributed by atoms with Crippen LogP contribution in [0.3, 0.4) is 0 Å². The van der Waals surface area contributed by atoms with Crippen molar-refractivity contribution in [3.05, 3.63) is 0 Å². The Balaban J connectivity index is 3.88. The van der Waals surface area contributed by atoms with Crippen LogP contribution in [-0.4, -0.2) is 43.2 Å². The van der Waals surface area contributed by atoms with Crippen LogP contribution >= 0.6 is 0 Å². The molecule has 96 valence electrons. The van der Waals surface area contributed by atoms with E-state index in [1.165, 1.54) is 0 Å². The van der Waals surface area contributed by atoms with Gasteiger partial charge in [0.15, 0.2) is 0 Å². The Labute approximate surface area is 94.0 Å². The molecule has 1 amide bonds. The molecule has 0 radical (unpaired) electrons. The summed E-state index contributed by atoms with van der Waals surface area (Å²) in [5.41, 5.74) is 0. The Bertz CT molecular complexity index is 219. The standard InChI is InChI=1S/C10H19F3N2O/c1-4-5-8(2)14-6-9(16)15(3)7-10(11,12)13/h8,14H,4-7H2,1-3H3. The van der Waals surface area contributed by atoms with Gasteiger partial charge in [0, 0.05) is 13.1 Å². The van der Waals surface area contributed by atoms with E-state index in [1.54, 1.807) is 0 Å². The van der Waals surface area contributed by atoms with Crippen molar-refractivity contribution in [1.29, 1.82) is 0 Å². The van der Waals surface area contributed by atoms with Crippen LogP contribution in [0.15, 0.2) is 0 Å². The van der Waals surface area contributed by atoms with Crippen molar-refractivity contribution >= 4 is 5.91 Å². The lowest BCUT2D eigenvalue weighted by atomic mass is 10.2. The second-order valence-corrected chi connectivity index (χ2v) is 3.94. The monoisotopic (exact) mass is 240 g/mol. The number of rotatable bonds is 6. The number of amides is 1. The predicted molar refractivity (Wildman–Crippen MR) is 56.1 cm³/mol. The molecular weight excluding hydrogens is 221 g/mol. The summed E-state index contributed by atoms with van der Waals surface area (Å²) in [6.45, 7) is 2.67. The number of halogens is 3. The molecular formula is C10H19F3N2O. The molecule has 0 bridgehead atoms. The fraction of sp³-hybridized carbons (Fsp3) is 0.900. The number of hydrogen-bond acceptors (Lipinski definition) is 2. The van der Waals surface area contributed by atoms with Crippen molar-refractivity contribution in [2.45, 2.75) is 38.9 Å². The molecule has 0 spiro atoms. The van der Waals surface area contributed by atoms with E-state index in [1.807, 2.05) is 13.8 Å². The van der Waals surface area contributed by atoms with Crippen LogP contribution in [0, 0.1) is 0 Å². The lowest BCUT2D eigenvalue weighted by Gasteiger charge is -2.20. The van der Waals surface area contributed by atoms with Gasteiger partial charge in [-0.3, -0.25) is 4.79 Å². The van der Waals surface area contributed by atoms with E-state index in [4.69, 9.17) is 0 Å². The number of nitrogens with one attached hydrogen (secondary N) is 1. The Morgan fingerprint density at radius 1 is 1.44 bits per heavy atom. The summed E-state index contributed by atoms with van der Waals surface area (Å²) < 4.78 is 35.9. The first-order chi connectivity index (χ1) is 7.26. The highest BCUT2D eigenvalue weighted by Crippen LogP contribution is 2.15. The molecule has 0 saturated carbocycles. The lowest BCUT2D eigenvalue weighted by Crippen LogP contribution is -2.42. The number of carbonyl (C=O) groups excluding carboxylic acids is 1. The first kappa shape index (κ1) is 15.2. The van der Waals surface area contributed by atoms with Gasteiger partial charge in [0.1, 0.15) is 6.54 Å². The molecule has 1 unspecified atom stereocenters. The van der Waals surface area contributed by atoms with Crippen LogP contribution in [0.4, 0.5) is 13.2 Å². The van der Waals surface area contributed by atoms with Gasteiger partial charge in [-0.15, -0.1) is 0 Å². The van der Waals surface area contributed by atoms with Crippen molar-refractivity contribution in [3.8, 4) is 0 Å². The van der Waals surface area contributed by atoms with Gasteiger partial charge >= 0.3 is 6.18 Å². The molecule has 0 aromatic carbocycles. The lowest BCUT2D eigenvalue weighted by molar-refractivity contribution is -0.157. The van der Waals surface area contributed by atoms with Crippen LogP contribution in [0.25, 0.3) is 0 Å². The molecule has 1 atom stereocenters. The van der Waals surface area contributed by atoms with E-state index in [9.17, 15) is 18.0 Å². The SMILES string of the molecule is CCCC(C)NCC(=O)N(C)CC(F)(F)F. The minimum atomic E-state index is -4.33. The number of alkyl halides is 3. The first-order valence-electron chi connectivity index (χ1n) is 5.30. The molecule has 1 N–H and O–H groups in total. The van der Waals surface area contributed by atoms with Gasteiger partial charge in [-0.1, -0.05) is 13.3 Å². The van der Waals surface area contributed by atoms with Crippen molar-refractivity contribution in [3.63, 3.8) is 0 Å². The van der Waals surface area contributed by atoms with Crippen LogP contribution < -0.4 is 5.32 Å². The fourth-order valence-electron chi connectivity index (χ4n) is 1.29. The molecule has 0 aromatic heterocycles. The highest BCUT2D eigenvalue weighted by Gasteiger charge is 2.30. The number of hydrogen-bond donors (Lipinski definition) is 1. The molecule has 16 heavy (non-hydrogen) atoms. The molecule has 0 fully saturated rings. The fourth-order valence-corrected chi connectivity index (χ4v) is 1.29. The molecule has 0 aliphatic heterocycles. The van der Waals surface area contributed by atoms with E-state index in [0.29, 0.717) is 4.90 Å². The molecule has 6 heteroatoms. The van der Waals surface area contributed by atoms with Crippen LogP contribution in [-0.2, 0) is 4.79 Å². The summed E-state index contributed by atoms with van der Waals surface area (Å²) in [4.78, 5) is 12.0. The molecule has 0 saturated heterocycles. The number of likely N-dealkylation sites (N-methyl/N-ethyl adjacent to an activating group) is 1. The maximum absolute atomic E-state index is 12.0. The van der Waals surface area contributed by atoms with Gasteiger partial charge < -0.3 is 10.2 Å². The minimum absolute atomic E-state index is 0.0479. The van der Waals surface area contributed by atoms with E-state index in [-0.39, 0.29) is 12.6 Å². The molecule has 0 aliphatic carbocycles. The molecule has 0 aliphatic rings. The molecule has 0 rings (SSSR count). The van der Waals surface area contributed by atoms with E-state index in [0.717, 1.165) is 19.9 Å². The third-order valence-electron chi connectivity index (χ3n) is 2.17. The highest BCUT2D eigenvalue weighted by molar-refractivity contribution is 5.78. The zero-order chi connectivity index (χ0) is 12.8. The first-order valence-corrected chi connectivity index (χ1v) is 5.30. The number of nitrogens with zero attached hydrogens (tertiary/aromatic N) is 1. The van der Waals surface area contributed by atoms with Gasteiger partial charge in [-0.05, 0) is 13.3 Å². The van der Waals surface area contributed by atoms with Gasteiger partial charge in [0.05, 0.1) is 6.54 Å². The highest BCUT2D eigenvalue weighted by atomic mass is 19.4.